The van der Waals surface area contributed by atoms with Crippen LogP contribution in [0.15, 0.2) is 24.0 Å². The van der Waals surface area contributed by atoms with Gasteiger partial charge in [0.2, 0.25) is 0 Å². The highest BCUT2D eigenvalue weighted by Crippen LogP contribution is 2.36. The maximum absolute atomic E-state index is 13.0. The molecule has 0 aliphatic carbocycles. The van der Waals surface area contributed by atoms with Crippen molar-refractivity contribution < 1.29 is 22.7 Å². The quantitative estimate of drug-likeness (QED) is 0.840. The van der Waals surface area contributed by atoms with E-state index in [1.807, 2.05) is 0 Å². The topological polar surface area (TPSA) is 38.3 Å². The number of anilines is 1. The Morgan fingerprint density at radius 3 is 2.75 bits per heavy atom. The van der Waals surface area contributed by atoms with Crippen LogP contribution in [-0.2, 0) is 9.53 Å². The molecule has 0 aromatic heterocycles. The first-order valence-electron chi connectivity index (χ1n) is 5.86. The van der Waals surface area contributed by atoms with Gasteiger partial charge in [0.15, 0.2) is 6.04 Å². The van der Waals surface area contributed by atoms with Crippen molar-refractivity contribution in [3.63, 3.8) is 0 Å². The van der Waals surface area contributed by atoms with Crippen LogP contribution in [0.5, 0.6) is 0 Å². The monoisotopic (exact) mass is 305 g/mol. The van der Waals surface area contributed by atoms with E-state index in [4.69, 9.17) is 16.3 Å². The maximum atomic E-state index is 13.0. The Balaban J connectivity index is 2.42. The summed E-state index contributed by atoms with van der Waals surface area (Å²) in [4.78, 5) is 11.2. The first-order chi connectivity index (χ1) is 9.31. The van der Waals surface area contributed by atoms with Gasteiger partial charge in [-0.25, -0.2) is 0 Å². The Morgan fingerprint density at radius 1 is 1.45 bits per heavy atom. The maximum Gasteiger partial charge on any atom is 0.415 e. The molecule has 0 fully saturated rings. The van der Waals surface area contributed by atoms with Crippen molar-refractivity contribution in [2.75, 3.05) is 5.32 Å². The Bertz CT molecular complexity index is 569. The third kappa shape index (κ3) is 3.07. The second-order valence-electron chi connectivity index (χ2n) is 4.22. The molecule has 1 heterocycles. The second-order valence-corrected chi connectivity index (χ2v) is 4.66. The molecule has 0 radical (unpaired) electrons. The number of benzene rings is 1. The van der Waals surface area contributed by atoms with Gasteiger partial charge in [0.1, 0.15) is 5.76 Å². The molecule has 0 bridgehead atoms. The molecule has 3 nitrogen and oxygen atoms in total. The number of hydrogen-bond acceptors (Lipinski definition) is 3. The predicted octanol–water partition coefficient (Wildman–Crippen LogP) is 3.99. The minimum absolute atomic E-state index is 0.00960. The molecule has 1 aliphatic rings. The minimum Gasteiger partial charge on any atom is -0.428 e. The Morgan fingerprint density at radius 2 is 2.15 bits per heavy atom. The van der Waals surface area contributed by atoms with Gasteiger partial charge in [-0.2, -0.15) is 13.2 Å². The highest BCUT2D eigenvalue weighted by atomic mass is 35.5. The molecule has 1 aromatic carbocycles. The van der Waals surface area contributed by atoms with E-state index in [1.54, 1.807) is 0 Å². The average molecular weight is 306 g/mol. The van der Waals surface area contributed by atoms with E-state index in [2.05, 4.69) is 5.32 Å². The third-order valence-electron chi connectivity index (χ3n) is 2.74. The standard InChI is InChI=1S/C13H11ClF3NO2/c1-2-11(19)20-10-6-7-5-8(14)3-4-9(7)18-12(10)13(15,16)17/h3-6,12,18H,2H2,1H3. The van der Waals surface area contributed by atoms with Crippen LogP contribution in [0.2, 0.25) is 5.02 Å². The molecular formula is C13H11ClF3NO2. The molecule has 20 heavy (non-hydrogen) atoms. The summed E-state index contributed by atoms with van der Waals surface area (Å²) in [5.41, 5.74) is 0.727. The number of nitrogens with one attached hydrogen (secondary N) is 1. The molecule has 0 saturated carbocycles. The number of rotatable bonds is 2. The van der Waals surface area contributed by atoms with Gasteiger partial charge in [0.25, 0.3) is 0 Å². The lowest BCUT2D eigenvalue weighted by Gasteiger charge is -2.29. The first-order valence-corrected chi connectivity index (χ1v) is 6.24. The molecule has 1 unspecified atom stereocenters. The molecule has 1 aliphatic heterocycles. The molecule has 108 valence electrons. The summed E-state index contributed by atoms with van der Waals surface area (Å²) in [6.07, 6.45) is -3.40. The lowest BCUT2D eigenvalue weighted by Crippen LogP contribution is -2.40. The Hall–Kier alpha value is -1.69. The molecule has 0 spiro atoms. The van der Waals surface area contributed by atoms with Crippen LogP contribution in [0.4, 0.5) is 18.9 Å². The number of carbonyl (C=O) groups excluding carboxylic acids is 1. The van der Waals surface area contributed by atoms with Gasteiger partial charge >= 0.3 is 12.1 Å². The van der Waals surface area contributed by atoms with Gasteiger partial charge in [0.05, 0.1) is 0 Å². The van der Waals surface area contributed by atoms with Crippen molar-refractivity contribution in [2.24, 2.45) is 0 Å². The molecule has 0 amide bonds. The van der Waals surface area contributed by atoms with Crippen molar-refractivity contribution in [3.05, 3.63) is 34.5 Å². The van der Waals surface area contributed by atoms with Crippen LogP contribution in [0.25, 0.3) is 6.08 Å². The zero-order valence-corrected chi connectivity index (χ0v) is 11.2. The number of halogens is 4. The fourth-order valence-corrected chi connectivity index (χ4v) is 1.96. The summed E-state index contributed by atoms with van der Waals surface area (Å²) in [6, 6.07) is 2.38. The smallest absolute Gasteiger partial charge is 0.415 e. The van der Waals surface area contributed by atoms with Crippen LogP contribution in [-0.4, -0.2) is 18.2 Å². The van der Waals surface area contributed by atoms with Crippen LogP contribution in [0, 0.1) is 0 Å². The van der Waals surface area contributed by atoms with E-state index < -0.39 is 23.9 Å². The summed E-state index contributed by atoms with van der Waals surface area (Å²) in [7, 11) is 0. The first kappa shape index (κ1) is 14.7. The summed E-state index contributed by atoms with van der Waals surface area (Å²) >= 11 is 5.80. The van der Waals surface area contributed by atoms with Gasteiger partial charge in [-0.1, -0.05) is 18.5 Å². The van der Waals surface area contributed by atoms with Gasteiger partial charge in [0, 0.05) is 22.7 Å². The highest BCUT2D eigenvalue weighted by molar-refractivity contribution is 6.30. The SMILES string of the molecule is CCC(=O)OC1=Cc2cc(Cl)ccc2NC1C(F)(F)F. The van der Waals surface area contributed by atoms with Gasteiger partial charge in [-0.05, 0) is 24.3 Å². The summed E-state index contributed by atoms with van der Waals surface area (Å²) in [6.45, 7) is 1.51. The number of alkyl halides is 3. The summed E-state index contributed by atoms with van der Waals surface area (Å²) < 4.78 is 43.8. The zero-order chi connectivity index (χ0) is 14.9. The van der Waals surface area contributed by atoms with Gasteiger partial charge in [-0.3, -0.25) is 4.79 Å². The van der Waals surface area contributed by atoms with Crippen molar-refractivity contribution in [2.45, 2.75) is 25.6 Å². The van der Waals surface area contributed by atoms with Crippen molar-refractivity contribution in [3.8, 4) is 0 Å². The third-order valence-corrected chi connectivity index (χ3v) is 2.98. The molecule has 1 aromatic rings. The van der Waals surface area contributed by atoms with E-state index in [0.29, 0.717) is 10.6 Å². The van der Waals surface area contributed by atoms with Crippen molar-refractivity contribution >= 4 is 29.3 Å². The lowest BCUT2D eigenvalue weighted by atomic mass is 10.0. The predicted molar refractivity (Wildman–Crippen MR) is 69.3 cm³/mol. The Kier molecular flexibility index (Phi) is 3.94. The van der Waals surface area contributed by atoms with E-state index in [1.165, 1.54) is 31.2 Å². The summed E-state index contributed by atoms with van der Waals surface area (Å²) in [5.74, 6) is -1.20. The number of hydrogen-bond donors (Lipinski definition) is 1. The number of ether oxygens (including phenoxy) is 1. The van der Waals surface area contributed by atoms with Gasteiger partial charge < -0.3 is 10.1 Å². The molecule has 2 rings (SSSR count). The molecular weight excluding hydrogens is 295 g/mol. The van der Waals surface area contributed by atoms with E-state index in [-0.39, 0.29) is 12.1 Å². The van der Waals surface area contributed by atoms with Crippen LogP contribution in [0.3, 0.4) is 0 Å². The van der Waals surface area contributed by atoms with E-state index in [9.17, 15) is 18.0 Å². The Labute approximate surface area is 118 Å². The number of carbonyl (C=O) groups is 1. The summed E-state index contributed by atoms with van der Waals surface area (Å²) in [5, 5.41) is 2.70. The van der Waals surface area contributed by atoms with Crippen LogP contribution in [0.1, 0.15) is 18.9 Å². The average Bonchev–Trinajstić information content (AvgIpc) is 2.36. The van der Waals surface area contributed by atoms with Crippen molar-refractivity contribution in [1.82, 2.24) is 0 Å². The fourth-order valence-electron chi connectivity index (χ4n) is 1.78. The fraction of sp³-hybridized carbons (Fsp3) is 0.308. The largest absolute Gasteiger partial charge is 0.428 e. The van der Waals surface area contributed by atoms with Crippen LogP contribution < -0.4 is 5.32 Å². The zero-order valence-electron chi connectivity index (χ0n) is 10.4. The van der Waals surface area contributed by atoms with Crippen LogP contribution >= 0.6 is 11.6 Å². The highest BCUT2D eigenvalue weighted by Gasteiger charge is 2.45. The van der Waals surface area contributed by atoms with E-state index >= 15 is 0 Å². The molecule has 7 heteroatoms. The molecule has 1 N–H and O–H groups in total. The number of fused-ring (bicyclic) bond motifs is 1. The minimum atomic E-state index is -4.57. The van der Waals surface area contributed by atoms with Gasteiger partial charge in [-0.15, -0.1) is 0 Å². The number of esters is 1. The molecule has 0 saturated heterocycles. The van der Waals surface area contributed by atoms with E-state index in [0.717, 1.165) is 0 Å². The molecule has 1 atom stereocenters. The van der Waals surface area contributed by atoms with Crippen molar-refractivity contribution in [1.29, 1.82) is 0 Å². The second kappa shape index (κ2) is 5.36. The normalized spacial score (nSPS) is 17.9. The lowest BCUT2D eigenvalue weighted by molar-refractivity contribution is -0.152.